The predicted octanol–water partition coefficient (Wildman–Crippen LogP) is 1.52. The van der Waals surface area contributed by atoms with Crippen molar-refractivity contribution in [3.05, 3.63) is 39.6 Å². The van der Waals surface area contributed by atoms with Crippen LogP contribution in [0.4, 0.5) is 0 Å². The third-order valence-electron chi connectivity index (χ3n) is 4.00. The number of methoxy groups -OCH3 is 1. The number of amides is 1. The molecule has 1 N–H and O–H groups in total. The molecule has 0 unspecified atom stereocenters. The van der Waals surface area contributed by atoms with Gasteiger partial charge >= 0.3 is 5.97 Å². The highest BCUT2D eigenvalue weighted by Crippen LogP contribution is 2.30. The van der Waals surface area contributed by atoms with Crippen LogP contribution in [0.15, 0.2) is 29.1 Å². The number of aryl methyl sites for hydroxylation is 1. The number of nitrogens with zero attached hydrogens (tertiary/aromatic N) is 3. The van der Waals surface area contributed by atoms with Gasteiger partial charge in [-0.15, -0.1) is 11.3 Å². The van der Waals surface area contributed by atoms with Crippen molar-refractivity contribution in [3.8, 4) is 17.0 Å². The van der Waals surface area contributed by atoms with Crippen LogP contribution in [-0.4, -0.2) is 46.9 Å². The van der Waals surface area contributed by atoms with Crippen LogP contribution in [0, 0.1) is 6.92 Å². The van der Waals surface area contributed by atoms with E-state index in [-0.39, 0.29) is 25.2 Å². The Morgan fingerprint density at radius 3 is 2.62 bits per heavy atom. The minimum atomic E-state index is -0.550. The Kier molecular flexibility index (Phi) is 6.23. The highest BCUT2D eigenvalue weighted by Gasteiger charge is 2.18. The average molecular weight is 416 g/mol. The SMILES string of the molecule is CCOC(=O)CNC(=O)Cn1nc(-c2ccc(OC)cc2)c2sc(C)nc2c1=O. The van der Waals surface area contributed by atoms with E-state index in [4.69, 9.17) is 9.47 Å². The summed E-state index contributed by atoms with van der Waals surface area (Å²) < 4.78 is 11.7. The molecule has 10 heteroatoms. The Balaban J connectivity index is 1.95. The van der Waals surface area contributed by atoms with Gasteiger partial charge in [0.1, 0.15) is 24.5 Å². The third kappa shape index (κ3) is 4.60. The monoisotopic (exact) mass is 416 g/mol. The molecule has 152 valence electrons. The van der Waals surface area contributed by atoms with E-state index < -0.39 is 17.4 Å². The standard InChI is InChI=1S/C19H20N4O5S/c1-4-28-15(25)9-20-14(24)10-23-19(26)17-18(29-11(2)21-17)16(22-23)12-5-7-13(27-3)8-6-12/h5-8H,4,9-10H2,1-3H3,(H,20,24). The van der Waals surface area contributed by atoms with E-state index in [1.54, 1.807) is 33.1 Å². The number of benzene rings is 1. The summed E-state index contributed by atoms with van der Waals surface area (Å²) in [7, 11) is 1.58. The Bertz CT molecular complexity index is 1100. The Morgan fingerprint density at radius 1 is 1.24 bits per heavy atom. The fraction of sp³-hybridized carbons (Fsp3) is 0.316. The maximum atomic E-state index is 12.8. The van der Waals surface area contributed by atoms with Crippen LogP contribution in [0.2, 0.25) is 0 Å². The van der Waals surface area contributed by atoms with E-state index >= 15 is 0 Å². The van der Waals surface area contributed by atoms with Crippen LogP contribution in [0.5, 0.6) is 5.75 Å². The summed E-state index contributed by atoms with van der Waals surface area (Å²) in [4.78, 5) is 40.7. The quantitative estimate of drug-likeness (QED) is 0.581. The molecular formula is C19H20N4O5S. The molecule has 3 aromatic rings. The van der Waals surface area contributed by atoms with Gasteiger partial charge in [-0.25, -0.2) is 9.67 Å². The maximum Gasteiger partial charge on any atom is 0.325 e. The first-order valence-electron chi connectivity index (χ1n) is 8.88. The van der Waals surface area contributed by atoms with Crippen LogP contribution >= 0.6 is 11.3 Å². The van der Waals surface area contributed by atoms with Crippen molar-refractivity contribution in [2.75, 3.05) is 20.3 Å². The summed E-state index contributed by atoms with van der Waals surface area (Å²) >= 11 is 1.36. The summed E-state index contributed by atoms with van der Waals surface area (Å²) in [6.07, 6.45) is 0. The number of fused-ring (bicyclic) bond motifs is 1. The second kappa shape index (κ2) is 8.82. The number of ether oxygens (including phenoxy) is 2. The zero-order chi connectivity index (χ0) is 21.0. The molecule has 0 atom stereocenters. The molecule has 0 radical (unpaired) electrons. The van der Waals surface area contributed by atoms with E-state index in [1.165, 1.54) is 11.3 Å². The van der Waals surface area contributed by atoms with Crippen molar-refractivity contribution in [1.82, 2.24) is 20.1 Å². The second-order valence-electron chi connectivity index (χ2n) is 6.03. The summed E-state index contributed by atoms with van der Waals surface area (Å²) in [5, 5.41) is 7.54. The number of thiazole rings is 1. The molecule has 0 bridgehead atoms. The number of hydrogen-bond donors (Lipinski definition) is 1. The molecule has 9 nitrogen and oxygen atoms in total. The molecule has 0 saturated carbocycles. The maximum absolute atomic E-state index is 12.8. The van der Waals surface area contributed by atoms with E-state index in [2.05, 4.69) is 15.4 Å². The van der Waals surface area contributed by atoms with Crippen molar-refractivity contribution in [1.29, 1.82) is 0 Å². The smallest absolute Gasteiger partial charge is 0.325 e. The van der Waals surface area contributed by atoms with Crippen molar-refractivity contribution in [2.24, 2.45) is 0 Å². The normalized spacial score (nSPS) is 10.7. The van der Waals surface area contributed by atoms with Gasteiger partial charge in [0.25, 0.3) is 5.56 Å². The number of hydrogen-bond acceptors (Lipinski definition) is 8. The average Bonchev–Trinajstić information content (AvgIpc) is 3.11. The molecule has 3 rings (SSSR count). The van der Waals surface area contributed by atoms with Gasteiger partial charge < -0.3 is 14.8 Å². The molecule has 0 spiro atoms. The topological polar surface area (TPSA) is 112 Å². The van der Waals surface area contributed by atoms with Gasteiger partial charge in [-0.2, -0.15) is 5.10 Å². The third-order valence-corrected chi connectivity index (χ3v) is 4.98. The molecule has 0 fully saturated rings. The second-order valence-corrected chi connectivity index (χ2v) is 7.24. The van der Waals surface area contributed by atoms with Crippen LogP contribution in [0.25, 0.3) is 21.5 Å². The molecule has 0 aliphatic heterocycles. The predicted molar refractivity (Wildman–Crippen MR) is 108 cm³/mol. The minimum absolute atomic E-state index is 0.223. The van der Waals surface area contributed by atoms with E-state index in [0.717, 1.165) is 15.3 Å². The van der Waals surface area contributed by atoms with Gasteiger partial charge in [-0.3, -0.25) is 14.4 Å². The van der Waals surface area contributed by atoms with E-state index in [9.17, 15) is 14.4 Å². The molecule has 0 aliphatic carbocycles. The zero-order valence-electron chi connectivity index (χ0n) is 16.2. The van der Waals surface area contributed by atoms with Crippen LogP contribution in [0.3, 0.4) is 0 Å². The van der Waals surface area contributed by atoms with E-state index in [0.29, 0.717) is 16.1 Å². The zero-order valence-corrected chi connectivity index (χ0v) is 17.0. The van der Waals surface area contributed by atoms with Gasteiger partial charge in [-0.1, -0.05) is 0 Å². The van der Waals surface area contributed by atoms with Crippen LogP contribution in [0.1, 0.15) is 11.9 Å². The van der Waals surface area contributed by atoms with Gasteiger partial charge in [0.05, 0.1) is 23.4 Å². The number of esters is 1. The van der Waals surface area contributed by atoms with Crippen LogP contribution < -0.4 is 15.6 Å². The Morgan fingerprint density at radius 2 is 1.97 bits per heavy atom. The van der Waals surface area contributed by atoms with Gasteiger partial charge in [-0.05, 0) is 38.1 Å². The van der Waals surface area contributed by atoms with Crippen LogP contribution in [-0.2, 0) is 20.9 Å². The van der Waals surface area contributed by atoms with Crippen molar-refractivity contribution in [2.45, 2.75) is 20.4 Å². The lowest BCUT2D eigenvalue weighted by Gasteiger charge is -2.09. The number of carbonyl (C=O) groups is 2. The number of carbonyl (C=O) groups excluding carboxylic acids is 2. The molecule has 2 aromatic heterocycles. The molecule has 2 heterocycles. The molecule has 0 aliphatic rings. The fourth-order valence-corrected chi connectivity index (χ4v) is 3.60. The Labute approximate surface area is 170 Å². The summed E-state index contributed by atoms with van der Waals surface area (Å²) in [6.45, 7) is 3.09. The molecular weight excluding hydrogens is 396 g/mol. The van der Waals surface area contributed by atoms with E-state index in [1.807, 2.05) is 12.1 Å². The summed E-state index contributed by atoms with van der Waals surface area (Å²) in [5.41, 5.74) is 1.10. The lowest BCUT2D eigenvalue weighted by atomic mass is 10.1. The molecule has 1 aromatic carbocycles. The largest absolute Gasteiger partial charge is 0.497 e. The minimum Gasteiger partial charge on any atom is -0.497 e. The summed E-state index contributed by atoms with van der Waals surface area (Å²) in [5.74, 6) is -0.387. The van der Waals surface area contributed by atoms with Crippen molar-refractivity contribution in [3.63, 3.8) is 0 Å². The molecule has 1 amide bonds. The van der Waals surface area contributed by atoms with Crippen molar-refractivity contribution >= 4 is 33.4 Å². The lowest BCUT2D eigenvalue weighted by Crippen LogP contribution is -2.37. The highest BCUT2D eigenvalue weighted by molar-refractivity contribution is 7.19. The fourth-order valence-electron chi connectivity index (χ4n) is 2.69. The van der Waals surface area contributed by atoms with Gasteiger partial charge in [0, 0.05) is 5.56 Å². The molecule has 0 saturated heterocycles. The molecule has 29 heavy (non-hydrogen) atoms. The van der Waals surface area contributed by atoms with Crippen molar-refractivity contribution < 1.29 is 19.1 Å². The number of nitrogens with one attached hydrogen (secondary N) is 1. The highest BCUT2D eigenvalue weighted by atomic mass is 32.1. The van der Waals surface area contributed by atoms with Gasteiger partial charge in [0.2, 0.25) is 5.91 Å². The number of rotatable bonds is 7. The Hall–Kier alpha value is -3.27. The first-order chi connectivity index (χ1) is 13.9. The number of aromatic nitrogens is 3. The first-order valence-corrected chi connectivity index (χ1v) is 9.69. The lowest BCUT2D eigenvalue weighted by molar-refractivity contribution is -0.143. The van der Waals surface area contributed by atoms with Gasteiger partial charge in [0.15, 0.2) is 5.52 Å². The summed E-state index contributed by atoms with van der Waals surface area (Å²) in [6, 6.07) is 7.23. The first kappa shape index (κ1) is 20.5.